The summed E-state index contributed by atoms with van der Waals surface area (Å²) < 4.78 is 20.4. The summed E-state index contributed by atoms with van der Waals surface area (Å²) in [5, 5.41) is 15.0. The number of rotatable bonds is 5. The number of hydrogen-bond donors (Lipinski definition) is 1. The van der Waals surface area contributed by atoms with Crippen LogP contribution < -0.4 is 10.5 Å². The number of imidazole rings is 1. The van der Waals surface area contributed by atoms with Gasteiger partial charge < -0.3 is 10.5 Å². The summed E-state index contributed by atoms with van der Waals surface area (Å²) in [4.78, 5) is 26.8. The van der Waals surface area contributed by atoms with E-state index >= 15 is 0 Å². The highest BCUT2D eigenvalue weighted by Gasteiger charge is 2.20. The zero-order valence-electron chi connectivity index (χ0n) is 14.9. The van der Waals surface area contributed by atoms with Gasteiger partial charge in [-0.1, -0.05) is 17.7 Å². The molecule has 148 valence electrons. The van der Waals surface area contributed by atoms with Crippen LogP contribution in [0.4, 0.5) is 16.0 Å². The zero-order chi connectivity index (χ0) is 21.1. The van der Waals surface area contributed by atoms with Gasteiger partial charge in [-0.3, -0.25) is 10.1 Å². The summed E-state index contributed by atoms with van der Waals surface area (Å²) in [5.74, 6) is -1.91. The van der Waals surface area contributed by atoms with E-state index in [1.807, 2.05) is 0 Å². The first-order valence-electron chi connectivity index (χ1n) is 8.06. The van der Waals surface area contributed by atoms with Gasteiger partial charge in [0.05, 0.1) is 28.1 Å². The Hall–Kier alpha value is -3.79. The highest BCUT2D eigenvalue weighted by atomic mass is 35.5. The molecular formula is C18H13ClFN5O4. The molecule has 0 bridgehead atoms. The standard InChI is InChI=1S/C18H13ClFN5O4/c1-10-9-24(18(21)23-10)22-8-11-7-12(25(27)28)5-6-15(11)29-17(26)16-13(19)3-2-4-14(16)20/h2-9H,1H3,(H2,21,23). The Kier molecular flexibility index (Phi) is 5.55. The molecule has 0 amide bonds. The normalized spacial score (nSPS) is 11.0. The van der Waals surface area contributed by atoms with Crippen LogP contribution in [-0.4, -0.2) is 26.8 Å². The van der Waals surface area contributed by atoms with Crippen molar-refractivity contribution in [2.24, 2.45) is 5.10 Å². The fraction of sp³-hybridized carbons (Fsp3) is 0.0556. The third-order valence-corrected chi connectivity index (χ3v) is 4.04. The minimum Gasteiger partial charge on any atom is -0.422 e. The number of aromatic nitrogens is 2. The third kappa shape index (κ3) is 4.38. The van der Waals surface area contributed by atoms with E-state index in [2.05, 4.69) is 10.1 Å². The maximum atomic E-state index is 14.0. The average Bonchev–Trinajstić information content (AvgIpc) is 2.97. The smallest absolute Gasteiger partial charge is 0.348 e. The van der Waals surface area contributed by atoms with Crippen LogP contribution in [-0.2, 0) is 0 Å². The van der Waals surface area contributed by atoms with Crippen LogP contribution in [0.3, 0.4) is 0 Å². The largest absolute Gasteiger partial charge is 0.422 e. The molecule has 11 heteroatoms. The summed E-state index contributed by atoms with van der Waals surface area (Å²) in [6, 6.07) is 7.23. The van der Waals surface area contributed by atoms with E-state index in [0.29, 0.717) is 5.69 Å². The number of nitrogens with two attached hydrogens (primary N) is 1. The lowest BCUT2D eigenvalue weighted by Crippen LogP contribution is -2.13. The van der Waals surface area contributed by atoms with Gasteiger partial charge in [0.1, 0.15) is 17.1 Å². The molecule has 3 aromatic rings. The van der Waals surface area contributed by atoms with Crippen molar-refractivity contribution in [2.75, 3.05) is 5.73 Å². The number of esters is 1. The lowest BCUT2D eigenvalue weighted by Gasteiger charge is -2.09. The molecule has 0 fully saturated rings. The molecular weight excluding hydrogens is 405 g/mol. The van der Waals surface area contributed by atoms with Crippen LogP contribution in [0.5, 0.6) is 5.75 Å². The van der Waals surface area contributed by atoms with Crippen LogP contribution in [0.1, 0.15) is 21.6 Å². The predicted octanol–water partition coefficient (Wildman–Crippen LogP) is 3.58. The Bertz CT molecular complexity index is 1130. The second-order valence-electron chi connectivity index (χ2n) is 5.80. The summed E-state index contributed by atoms with van der Waals surface area (Å²) in [5.41, 5.74) is 5.69. The Balaban J connectivity index is 1.99. The Labute approximate surface area is 168 Å². The van der Waals surface area contributed by atoms with Crippen LogP contribution in [0.25, 0.3) is 0 Å². The van der Waals surface area contributed by atoms with Gasteiger partial charge in [0.2, 0.25) is 5.95 Å². The molecule has 9 nitrogen and oxygen atoms in total. The zero-order valence-corrected chi connectivity index (χ0v) is 15.6. The molecule has 0 unspecified atom stereocenters. The van der Waals surface area contributed by atoms with Crippen molar-refractivity contribution in [2.45, 2.75) is 6.92 Å². The number of nitro groups is 1. The lowest BCUT2D eigenvalue weighted by molar-refractivity contribution is -0.384. The predicted molar refractivity (Wildman–Crippen MR) is 104 cm³/mol. The number of non-ortho nitro benzene ring substituents is 1. The molecule has 0 saturated carbocycles. The third-order valence-electron chi connectivity index (χ3n) is 3.73. The number of nitrogens with zero attached hydrogens (tertiary/aromatic N) is 4. The SMILES string of the molecule is Cc1cn(N=Cc2cc([N+](=O)[O-])ccc2OC(=O)c2c(F)cccc2Cl)c(N)n1. The topological polar surface area (TPSA) is 126 Å². The summed E-state index contributed by atoms with van der Waals surface area (Å²) in [6.45, 7) is 1.71. The van der Waals surface area contributed by atoms with Gasteiger partial charge in [-0.2, -0.15) is 5.10 Å². The second kappa shape index (κ2) is 8.07. The van der Waals surface area contributed by atoms with E-state index in [9.17, 15) is 19.3 Å². The van der Waals surface area contributed by atoms with E-state index in [1.54, 1.807) is 6.92 Å². The summed E-state index contributed by atoms with van der Waals surface area (Å²) >= 11 is 5.88. The van der Waals surface area contributed by atoms with Gasteiger partial charge >= 0.3 is 5.97 Å². The van der Waals surface area contributed by atoms with Gasteiger partial charge in [0.25, 0.3) is 5.69 Å². The molecule has 1 heterocycles. The number of nitro benzene ring substituents is 1. The number of carbonyl (C=O) groups excluding carboxylic acids is 1. The van der Waals surface area contributed by atoms with Crippen molar-refractivity contribution in [3.8, 4) is 5.75 Å². The van der Waals surface area contributed by atoms with Gasteiger partial charge in [0.15, 0.2) is 0 Å². The van der Waals surface area contributed by atoms with Crippen LogP contribution >= 0.6 is 11.6 Å². The van der Waals surface area contributed by atoms with Crippen molar-refractivity contribution in [1.82, 2.24) is 9.66 Å². The number of aryl methyl sites for hydroxylation is 1. The van der Waals surface area contributed by atoms with Gasteiger partial charge in [-0.15, -0.1) is 0 Å². The maximum absolute atomic E-state index is 14.0. The first kappa shape index (κ1) is 20.0. The number of anilines is 1. The molecule has 3 rings (SSSR count). The summed E-state index contributed by atoms with van der Waals surface area (Å²) in [6.07, 6.45) is 2.74. The lowest BCUT2D eigenvalue weighted by atomic mass is 10.2. The molecule has 0 aliphatic carbocycles. The van der Waals surface area contributed by atoms with E-state index < -0.39 is 22.3 Å². The van der Waals surface area contributed by atoms with E-state index in [0.717, 1.165) is 18.2 Å². The Morgan fingerprint density at radius 1 is 1.41 bits per heavy atom. The van der Waals surface area contributed by atoms with E-state index in [4.69, 9.17) is 22.1 Å². The van der Waals surface area contributed by atoms with Gasteiger partial charge in [0, 0.05) is 17.7 Å². The number of nitrogen functional groups attached to an aromatic ring is 1. The molecule has 0 saturated heterocycles. The second-order valence-corrected chi connectivity index (χ2v) is 6.20. The molecule has 2 N–H and O–H groups in total. The van der Waals surface area contributed by atoms with Crippen LogP contribution in [0.2, 0.25) is 5.02 Å². The highest BCUT2D eigenvalue weighted by Crippen LogP contribution is 2.26. The first-order valence-corrected chi connectivity index (χ1v) is 8.44. The number of ether oxygens (including phenoxy) is 1. The fourth-order valence-corrected chi connectivity index (χ4v) is 2.65. The number of halogens is 2. The van der Waals surface area contributed by atoms with Crippen LogP contribution in [0, 0.1) is 22.9 Å². The summed E-state index contributed by atoms with van der Waals surface area (Å²) in [7, 11) is 0. The minimum absolute atomic E-state index is 0.0842. The molecule has 1 aromatic heterocycles. The molecule has 0 atom stereocenters. The van der Waals surface area contributed by atoms with Gasteiger partial charge in [-0.25, -0.2) is 18.8 Å². The molecule has 0 spiro atoms. The molecule has 0 aliphatic rings. The fourth-order valence-electron chi connectivity index (χ4n) is 2.41. The van der Waals surface area contributed by atoms with Crippen molar-refractivity contribution >= 4 is 35.4 Å². The van der Waals surface area contributed by atoms with Crippen molar-refractivity contribution in [3.63, 3.8) is 0 Å². The molecule has 29 heavy (non-hydrogen) atoms. The Morgan fingerprint density at radius 3 is 2.79 bits per heavy atom. The monoisotopic (exact) mass is 417 g/mol. The van der Waals surface area contributed by atoms with Crippen molar-refractivity contribution in [3.05, 3.63) is 80.4 Å². The van der Waals surface area contributed by atoms with E-state index in [1.165, 1.54) is 35.3 Å². The Morgan fingerprint density at radius 2 is 2.17 bits per heavy atom. The average molecular weight is 418 g/mol. The number of carbonyl (C=O) groups is 1. The number of benzene rings is 2. The molecule has 0 aliphatic heterocycles. The quantitative estimate of drug-likeness (QED) is 0.222. The maximum Gasteiger partial charge on any atom is 0.348 e. The van der Waals surface area contributed by atoms with Crippen molar-refractivity contribution in [1.29, 1.82) is 0 Å². The molecule has 2 aromatic carbocycles. The van der Waals surface area contributed by atoms with E-state index in [-0.39, 0.29) is 28.0 Å². The van der Waals surface area contributed by atoms with Crippen LogP contribution in [0.15, 0.2) is 47.7 Å². The first-order chi connectivity index (χ1) is 13.8. The van der Waals surface area contributed by atoms with Gasteiger partial charge in [-0.05, 0) is 25.1 Å². The highest BCUT2D eigenvalue weighted by molar-refractivity contribution is 6.33. The minimum atomic E-state index is -1.06. The van der Waals surface area contributed by atoms with Crippen molar-refractivity contribution < 1.29 is 18.8 Å². The number of hydrogen-bond acceptors (Lipinski definition) is 7. The molecule has 0 radical (unpaired) electrons.